The fourth-order valence-electron chi connectivity index (χ4n) is 5.79. The molecule has 2 atom stereocenters. The van der Waals surface area contributed by atoms with Crippen molar-refractivity contribution in [2.24, 2.45) is 0 Å². The number of hydrogen-bond acceptors (Lipinski definition) is 0. The van der Waals surface area contributed by atoms with Crippen molar-refractivity contribution in [2.75, 3.05) is 0 Å². The van der Waals surface area contributed by atoms with Crippen LogP contribution in [0.5, 0.6) is 0 Å². The predicted molar refractivity (Wildman–Crippen MR) is 146 cm³/mol. The van der Waals surface area contributed by atoms with E-state index in [0.717, 1.165) is 0 Å². The number of allylic oxidation sites excluding steroid dienone is 14. The van der Waals surface area contributed by atoms with Crippen LogP contribution in [0.2, 0.25) is 0 Å². The molecular formula is C34H30Zr. The van der Waals surface area contributed by atoms with Crippen LogP contribution in [0, 0.1) is 0 Å². The van der Waals surface area contributed by atoms with Crippen molar-refractivity contribution >= 4 is 12.2 Å². The minimum absolute atomic E-state index is 0.371. The Morgan fingerprint density at radius 1 is 0.543 bits per heavy atom. The van der Waals surface area contributed by atoms with Gasteiger partial charge >= 0.3 is 222 Å². The van der Waals surface area contributed by atoms with Gasteiger partial charge in [-0.25, -0.2) is 0 Å². The summed E-state index contributed by atoms with van der Waals surface area (Å²) in [5.74, 6) is 0.742. The van der Waals surface area contributed by atoms with Crippen molar-refractivity contribution in [1.29, 1.82) is 0 Å². The zero-order valence-electron chi connectivity index (χ0n) is 20.9. The van der Waals surface area contributed by atoms with Gasteiger partial charge < -0.3 is 0 Å². The van der Waals surface area contributed by atoms with E-state index in [0.29, 0.717) is 11.8 Å². The van der Waals surface area contributed by atoms with Crippen molar-refractivity contribution < 1.29 is 23.2 Å². The Labute approximate surface area is 221 Å². The third-order valence-electron chi connectivity index (χ3n) is 7.57. The van der Waals surface area contributed by atoms with Gasteiger partial charge in [-0.05, 0) is 0 Å². The Morgan fingerprint density at radius 3 is 1.40 bits per heavy atom. The minimum atomic E-state index is -1.11. The third kappa shape index (κ3) is 3.86. The first-order chi connectivity index (χ1) is 17.0. The van der Waals surface area contributed by atoms with Crippen LogP contribution in [0.25, 0.3) is 12.2 Å². The molecule has 2 aromatic rings. The van der Waals surface area contributed by atoms with Gasteiger partial charge in [0.15, 0.2) is 0 Å². The molecule has 0 N–H and O–H groups in total. The molecule has 0 aliphatic heterocycles. The van der Waals surface area contributed by atoms with E-state index in [9.17, 15) is 0 Å². The molecule has 0 bridgehead atoms. The Morgan fingerprint density at radius 2 is 0.971 bits per heavy atom. The average Bonchev–Trinajstić information content (AvgIpc) is 3.63. The zero-order chi connectivity index (χ0) is 24.1. The first-order valence-electron chi connectivity index (χ1n) is 12.5. The van der Waals surface area contributed by atoms with E-state index < -0.39 is 23.2 Å². The zero-order valence-corrected chi connectivity index (χ0v) is 23.4. The second-order valence-corrected chi connectivity index (χ2v) is 13.3. The molecule has 2 aromatic carbocycles. The van der Waals surface area contributed by atoms with Crippen molar-refractivity contribution in [3.63, 3.8) is 0 Å². The second-order valence-electron chi connectivity index (χ2n) is 10.2. The van der Waals surface area contributed by atoms with E-state index in [1.54, 1.807) is 6.56 Å². The van der Waals surface area contributed by atoms with E-state index in [-0.39, 0.29) is 0 Å². The van der Waals surface area contributed by atoms with Crippen LogP contribution in [0.4, 0.5) is 0 Å². The van der Waals surface area contributed by atoms with Crippen LogP contribution in [-0.4, -0.2) is 0 Å². The fraction of sp³-hybridized carbons (Fsp3) is 0.176. The Kier molecular flexibility index (Phi) is 5.86. The van der Waals surface area contributed by atoms with Crippen molar-refractivity contribution in [3.05, 3.63) is 147 Å². The molecule has 0 spiro atoms. The van der Waals surface area contributed by atoms with Crippen molar-refractivity contribution in [2.45, 2.75) is 39.5 Å². The molecule has 0 fully saturated rings. The van der Waals surface area contributed by atoms with Gasteiger partial charge in [0.05, 0.1) is 0 Å². The van der Waals surface area contributed by atoms with E-state index in [1.807, 2.05) is 0 Å². The first-order valence-corrected chi connectivity index (χ1v) is 15.0. The summed E-state index contributed by atoms with van der Waals surface area (Å²) in [6, 6.07) is 17.8. The summed E-state index contributed by atoms with van der Waals surface area (Å²) in [6.07, 6.45) is 19.1. The fourth-order valence-corrected chi connectivity index (χ4v) is 10.6. The van der Waals surface area contributed by atoms with E-state index in [4.69, 9.17) is 0 Å². The predicted octanol–water partition coefficient (Wildman–Crippen LogP) is 9.01. The van der Waals surface area contributed by atoms with Crippen molar-refractivity contribution in [3.8, 4) is 0 Å². The van der Waals surface area contributed by atoms with Gasteiger partial charge in [0.2, 0.25) is 0 Å². The summed E-state index contributed by atoms with van der Waals surface area (Å²) < 4.78 is 3.32. The summed E-state index contributed by atoms with van der Waals surface area (Å²) in [7, 11) is 0. The van der Waals surface area contributed by atoms with Crippen LogP contribution in [0.15, 0.2) is 125 Å². The molecule has 0 radical (unpaired) electrons. The van der Waals surface area contributed by atoms with Gasteiger partial charge in [-0.3, -0.25) is 0 Å². The number of rotatable bonds is 4. The summed E-state index contributed by atoms with van der Waals surface area (Å²) >= 11 is -1.11. The third-order valence-corrected chi connectivity index (χ3v) is 11.5. The molecular weight excluding hydrogens is 500 g/mol. The van der Waals surface area contributed by atoms with E-state index in [1.165, 1.54) is 55.7 Å². The number of hydrogen-bond donors (Lipinski definition) is 0. The maximum absolute atomic E-state index is 2.42. The normalized spacial score (nSPS) is 21.5. The second kappa shape index (κ2) is 9.03. The van der Waals surface area contributed by atoms with Crippen LogP contribution < -0.4 is 0 Å². The molecule has 170 valence electrons. The Balaban J connectivity index is 1.49. The average molecular weight is 530 g/mol. The standard InChI is InChI=1S/2C17H15.Zr/c2*1-12(2)14-7-8-15(11-14)17-10-9-13-5-3-4-6-16(13)17;/h2*3-10,17H,1-2H3;. The van der Waals surface area contributed by atoms with Gasteiger partial charge in [0.25, 0.3) is 0 Å². The molecule has 0 saturated heterocycles. The molecule has 2 unspecified atom stereocenters. The Hall–Kier alpha value is -2.76. The van der Waals surface area contributed by atoms with Crippen molar-refractivity contribution in [1.82, 2.24) is 0 Å². The Bertz CT molecular complexity index is 1370. The van der Waals surface area contributed by atoms with E-state index in [2.05, 4.69) is 125 Å². The summed E-state index contributed by atoms with van der Waals surface area (Å²) in [4.78, 5) is 0. The number of benzene rings is 2. The number of fused-ring (bicyclic) bond motifs is 2. The molecule has 0 nitrogen and oxygen atoms in total. The molecule has 0 aromatic heterocycles. The molecule has 0 heterocycles. The van der Waals surface area contributed by atoms with Crippen LogP contribution in [0.1, 0.15) is 61.8 Å². The van der Waals surface area contributed by atoms with Gasteiger partial charge in [0.1, 0.15) is 0 Å². The molecule has 0 amide bonds. The van der Waals surface area contributed by atoms with Gasteiger partial charge in [-0.2, -0.15) is 0 Å². The quantitative estimate of drug-likeness (QED) is 0.371. The summed E-state index contributed by atoms with van der Waals surface area (Å²) in [5, 5.41) is 0. The van der Waals surface area contributed by atoms with E-state index >= 15 is 0 Å². The van der Waals surface area contributed by atoms with Crippen LogP contribution in [-0.2, 0) is 23.2 Å². The molecule has 4 aliphatic carbocycles. The molecule has 6 rings (SSSR count). The van der Waals surface area contributed by atoms with Gasteiger partial charge in [-0.1, -0.05) is 0 Å². The molecule has 0 saturated carbocycles. The maximum atomic E-state index is 2.42. The van der Waals surface area contributed by atoms with Gasteiger partial charge in [0, 0.05) is 0 Å². The first kappa shape index (κ1) is 22.7. The summed E-state index contributed by atoms with van der Waals surface area (Å²) in [5.41, 5.74) is 14.5. The molecule has 35 heavy (non-hydrogen) atoms. The summed E-state index contributed by atoms with van der Waals surface area (Å²) in [6.45, 7) is 9.11. The monoisotopic (exact) mass is 528 g/mol. The van der Waals surface area contributed by atoms with Crippen LogP contribution in [0.3, 0.4) is 0 Å². The molecule has 1 heteroatoms. The molecule has 4 aliphatic rings. The van der Waals surface area contributed by atoms with Crippen LogP contribution >= 0.6 is 0 Å². The SMILES string of the molecule is CC(C)=C1C=CC(C2C=Cc3ccccc32)=[C]1[Zr][C]1=C(C2C=Cc3ccccc32)C=CC1=C(C)C. The topological polar surface area (TPSA) is 0 Å². The van der Waals surface area contributed by atoms with Gasteiger partial charge in [-0.15, -0.1) is 0 Å².